The second kappa shape index (κ2) is 5.80. The van der Waals surface area contributed by atoms with Crippen LogP contribution < -0.4 is 5.32 Å². The number of piperidine rings is 1. The summed E-state index contributed by atoms with van der Waals surface area (Å²) in [4.78, 5) is 11.3. The van der Waals surface area contributed by atoms with Crippen LogP contribution in [0.4, 0.5) is 0 Å². The molecular weight excluding hydrogens is 318 g/mol. The number of nitrogens with one attached hydrogen (secondary N) is 1. The summed E-state index contributed by atoms with van der Waals surface area (Å²) in [7, 11) is 0. The highest BCUT2D eigenvalue weighted by atomic mass is 16.1. The summed E-state index contributed by atoms with van der Waals surface area (Å²) in [6.07, 6.45) is 14.0. The lowest BCUT2D eigenvalue weighted by atomic mass is 9.35. The van der Waals surface area contributed by atoms with Gasteiger partial charge in [-0.25, -0.2) is 0 Å². The first-order valence-corrected chi connectivity index (χ1v) is 11.0. The van der Waals surface area contributed by atoms with Gasteiger partial charge >= 0.3 is 0 Å². The Morgan fingerprint density at radius 1 is 1.19 bits per heavy atom. The Balaban J connectivity index is 1.75. The van der Waals surface area contributed by atoms with Crippen LogP contribution in [0.5, 0.6) is 0 Å². The minimum absolute atomic E-state index is 0.137. The van der Waals surface area contributed by atoms with Crippen molar-refractivity contribution in [2.45, 2.75) is 96.6 Å². The maximum atomic E-state index is 11.3. The zero-order valence-electron chi connectivity index (χ0n) is 17.3. The Bertz CT molecular complexity index is 665. The Kier molecular flexibility index (Phi) is 4.12. The van der Waals surface area contributed by atoms with Crippen LogP contribution in [0.3, 0.4) is 0 Å². The van der Waals surface area contributed by atoms with Gasteiger partial charge in [-0.1, -0.05) is 51.8 Å². The number of hydrogen-bond donors (Lipinski definition) is 1. The maximum absolute atomic E-state index is 11.3. The molecule has 144 valence electrons. The summed E-state index contributed by atoms with van der Waals surface area (Å²) in [6.45, 7) is 14.0. The molecule has 2 heteroatoms. The number of carbonyl (C=O) groups is 1. The van der Waals surface area contributed by atoms with Gasteiger partial charge in [0.15, 0.2) is 0 Å². The molecule has 2 saturated carbocycles. The lowest BCUT2D eigenvalue weighted by Crippen LogP contribution is -2.90. The molecule has 6 unspecified atom stereocenters. The lowest BCUT2D eigenvalue weighted by molar-refractivity contribution is -0.219. The molecule has 0 radical (unpaired) electrons. The summed E-state index contributed by atoms with van der Waals surface area (Å²) in [5.41, 5.74) is 3.92. The molecule has 2 aliphatic carbocycles. The van der Waals surface area contributed by atoms with Gasteiger partial charge in [0, 0.05) is 16.5 Å². The van der Waals surface area contributed by atoms with Crippen LogP contribution in [0.2, 0.25) is 0 Å². The minimum atomic E-state index is 0.137. The van der Waals surface area contributed by atoms with E-state index in [4.69, 9.17) is 0 Å². The molecule has 4 fully saturated rings. The smallest absolute Gasteiger partial charge is 0.142 e. The van der Waals surface area contributed by atoms with E-state index in [9.17, 15) is 4.79 Å². The molecule has 6 atom stereocenters. The number of carbonyl (C=O) groups excluding carboxylic acids is 1. The van der Waals surface area contributed by atoms with Gasteiger partial charge in [-0.3, -0.25) is 4.79 Å². The molecule has 0 aromatic carbocycles. The SMILES string of the molecule is C=C(CC)C1CCC23NC4(CCC12C)C3CC/C(=C/C=O)C4(C)CCC. The van der Waals surface area contributed by atoms with E-state index in [1.807, 2.05) is 6.08 Å². The van der Waals surface area contributed by atoms with E-state index >= 15 is 0 Å². The van der Waals surface area contributed by atoms with E-state index < -0.39 is 0 Å². The van der Waals surface area contributed by atoms with Gasteiger partial charge in [0.25, 0.3) is 0 Å². The van der Waals surface area contributed by atoms with Gasteiger partial charge in [0.1, 0.15) is 6.29 Å². The quantitative estimate of drug-likeness (QED) is 0.396. The van der Waals surface area contributed by atoms with E-state index in [0.29, 0.717) is 16.9 Å². The molecule has 2 aliphatic heterocycles. The summed E-state index contributed by atoms with van der Waals surface area (Å²) < 4.78 is 0. The number of aldehydes is 1. The first kappa shape index (κ1) is 18.5. The van der Waals surface area contributed by atoms with Gasteiger partial charge in [0.2, 0.25) is 0 Å². The van der Waals surface area contributed by atoms with Crippen LogP contribution in [0, 0.1) is 22.7 Å². The highest BCUT2D eigenvalue weighted by molar-refractivity contribution is 5.67. The molecule has 26 heavy (non-hydrogen) atoms. The van der Waals surface area contributed by atoms with Crippen molar-refractivity contribution in [1.82, 2.24) is 5.32 Å². The van der Waals surface area contributed by atoms with E-state index in [0.717, 1.165) is 25.0 Å². The Hall–Kier alpha value is -0.890. The van der Waals surface area contributed by atoms with Crippen molar-refractivity contribution in [3.8, 4) is 0 Å². The third kappa shape index (κ3) is 1.85. The van der Waals surface area contributed by atoms with Gasteiger partial charge in [-0.05, 0) is 74.7 Å². The van der Waals surface area contributed by atoms with Gasteiger partial charge in [-0.2, -0.15) is 0 Å². The standard InChI is InChI=1S/C24H37NO/c1-6-12-21(4)18(11-16-26)8-9-20-23-13-10-19(17(3)7-2)22(23,5)14-15-24(20,21)25-23/h11,16,19-20,25H,3,6-10,12-15H2,1-2,4-5H3/b18-11-. The van der Waals surface area contributed by atoms with Crippen molar-refractivity contribution in [2.75, 3.05) is 0 Å². The first-order valence-electron chi connectivity index (χ1n) is 11.0. The fraction of sp³-hybridized carbons (Fsp3) is 0.792. The third-order valence-electron chi connectivity index (χ3n) is 9.65. The van der Waals surface area contributed by atoms with Crippen LogP contribution in [0.15, 0.2) is 23.8 Å². The van der Waals surface area contributed by atoms with Crippen LogP contribution in [0.25, 0.3) is 0 Å². The molecule has 2 heterocycles. The van der Waals surface area contributed by atoms with Crippen LogP contribution >= 0.6 is 0 Å². The average Bonchev–Trinajstić information content (AvgIpc) is 2.94. The van der Waals surface area contributed by atoms with Crippen molar-refractivity contribution >= 4 is 6.29 Å². The Labute approximate surface area is 159 Å². The van der Waals surface area contributed by atoms with Gasteiger partial charge < -0.3 is 5.32 Å². The topological polar surface area (TPSA) is 29.1 Å². The first-order chi connectivity index (χ1) is 12.3. The molecule has 0 aromatic rings. The molecule has 2 saturated heterocycles. The zero-order valence-corrected chi connectivity index (χ0v) is 17.3. The largest absolute Gasteiger partial charge is 0.304 e. The minimum Gasteiger partial charge on any atom is -0.304 e. The zero-order chi connectivity index (χ0) is 18.8. The maximum Gasteiger partial charge on any atom is 0.142 e. The normalized spacial score (nSPS) is 50.7. The van der Waals surface area contributed by atoms with Crippen LogP contribution in [-0.4, -0.2) is 17.4 Å². The summed E-state index contributed by atoms with van der Waals surface area (Å²) in [5.74, 6) is 1.45. The second-order valence-corrected chi connectivity index (χ2v) is 10.1. The molecule has 4 aliphatic rings. The lowest BCUT2D eigenvalue weighted by Gasteiger charge is -2.79. The van der Waals surface area contributed by atoms with E-state index in [2.05, 4.69) is 39.6 Å². The third-order valence-corrected chi connectivity index (χ3v) is 9.65. The number of hydrogen-bond acceptors (Lipinski definition) is 2. The number of rotatable bonds is 5. The molecule has 2 spiro atoms. The molecule has 4 rings (SSSR count). The molecule has 2 bridgehead atoms. The summed E-state index contributed by atoms with van der Waals surface area (Å²) in [6, 6.07) is 0. The Morgan fingerprint density at radius 3 is 2.62 bits per heavy atom. The highest BCUT2D eigenvalue weighted by Gasteiger charge is 2.79. The second-order valence-electron chi connectivity index (χ2n) is 10.1. The number of allylic oxidation sites excluding steroid dienone is 2. The highest BCUT2D eigenvalue weighted by Crippen LogP contribution is 2.76. The predicted octanol–water partition coefficient (Wildman–Crippen LogP) is 5.59. The fourth-order valence-corrected chi connectivity index (χ4v) is 8.36. The van der Waals surface area contributed by atoms with Crippen molar-refractivity contribution in [3.63, 3.8) is 0 Å². The molecule has 1 N–H and O–H groups in total. The summed E-state index contributed by atoms with van der Waals surface area (Å²) in [5, 5.41) is 4.29. The van der Waals surface area contributed by atoms with E-state index in [1.54, 1.807) is 0 Å². The molecule has 0 amide bonds. The molecular formula is C24H37NO. The van der Waals surface area contributed by atoms with Gasteiger partial charge in [0.05, 0.1) is 0 Å². The molecule has 2 nitrogen and oxygen atoms in total. The van der Waals surface area contributed by atoms with Crippen molar-refractivity contribution < 1.29 is 4.79 Å². The van der Waals surface area contributed by atoms with Crippen molar-refractivity contribution in [1.29, 1.82) is 0 Å². The predicted molar refractivity (Wildman–Crippen MR) is 108 cm³/mol. The van der Waals surface area contributed by atoms with E-state index in [-0.39, 0.29) is 11.0 Å². The van der Waals surface area contributed by atoms with Crippen molar-refractivity contribution in [2.24, 2.45) is 22.7 Å². The van der Waals surface area contributed by atoms with Gasteiger partial charge in [-0.15, -0.1) is 0 Å². The summed E-state index contributed by atoms with van der Waals surface area (Å²) >= 11 is 0. The van der Waals surface area contributed by atoms with Crippen LogP contribution in [-0.2, 0) is 4.79 Å². The fourth-order valence-electron chi connectivity index (χ4n) is 8.36. The van der Waals surface area contributed by atoms with Crippen LogP contribution in [0.1, 0.15) is 85.5 Å². The molecule has 0 aromatic heterocycles. The van der Waals surface area contributed by atoms with E-state index in [1.165, 1.54) is 56.1 Å². The average molecular weight is 356 g/mol. The Morgan fingerprint density at radius 2 is 1.96 bits per heavy atom. The van der Waals surface area contributed by atoms with Crippen molar-refractivity contribution in [3.05, 3.63) is 23.8 Å². The monoisotopic (exact) mass is 355 g/mol.